The zero-order valence-corrected chi connectivity index (χ0v) is 8.53. The molecular formula is C13H14O. The Balaban J connectivity index is 2.84. The van der Waals surface area contributed by atoms with Crippen molar-refractivity contribution in [3.63, 3.8) is 0 Å². The van der Waals surface area contributed by atoms with Crippen LogP contribution in [0.15, 0.2) is 47.6 Å². The molecule has 0 N–H and O–H groups in total. The monoisotopic (exact) mass is 186 g/mol. The lowest BCUT2D eigenvalue weighted by atomic mass is 10.1. The number of allylic oxidation sites excluding steroid dienone is 3. The molecule has 1 rings (SSSR count). The number of hydrogen-bond donors (Lipinski definition) is 0. The van der Waals surface area contributed by atoms with Crippen molar-refractivity contribution in [2.24, 2.45) is 0 Å². The van der Waals surface area contributed by atoms with Gasteiger partial charge in [-0.15, -0.1) is 0 Å². The zero-order chi connectivity index (χ0) is 10.4. The van der Waals surface area contributed by atoms with Crippen molar-refractivity contribution in [1.82, 2.24) is 0 Å². The Bertz CT molecular complexity index is 358. The smallest absolute Gasteiger partial charge is 0.145 e. The van der Waals surface area contributed by atoms with Crippen molar-refractivity contribution >= 4 is 12.4 Å². The summed E-state index contributed by atoms with van der Waals surface area (Å²) >= 11 is 0. The van der Waals surface area contributed by atoms with E-state index in [-0.39, 0.29) is 0 Å². The van der Waals surface area contributed by atoms with Crippen LogP contribution in [0.4, 0.5) is 0 Å². The van der Waals surface area contributed by atoms with Crippen molar-refractivity contribution in [2.75, 3.05) is 0 Å². The Labute approximate surface area is 84.8 Å². The first-order valence-corrected chi connectivity index (χ1v) is 4.59. The summed E-state index contributed by atoms with van der Waals surface area (Å²) in [5, 5.41) is 0. The Morgan fingerprint density at radius 1 is 1.07 bits per heavy atom. The molecule has 0 amide bonds. The van der Waals surface area contributed by atoms with Crippen LogP contribution in [0.5, 0.6) is 0 Å². The molecule has 0 unspecified atom stereocenters. The highest BCUT2D eigenvalue weighted by Gasteiger charge is 1.88. The molecule has 72 valence electrons. The molecule has 0 saturated heterocycles. The van der Waals surface area contributed by atoms with Crippen LogP contribution in [-0.4, -0.2) is 6.29 Å². The number of benzene rings is 1. The van der Waals surface area contributed by atoms with E-state index in [0.717, 1.165) is 23.0 Å². The quantitative estimate of drug-likeness (QED) is 0.402. The van der Waals surface area contributed by atoms with Gasteiger partial charge >= 0.3 is 0 Å². The van der Waals surface area contributed by atoms with Gasteiger partial charge in [0.15, 0.2) is 0 Å². The average molecular weight is 186 g/mol. The van der Waals surface area contributed by atoms with Crippen LogP contribution in [0.2, 0.25) is 0 Å². The summed E-state index contributed by atoms with van der Waals surface area (Å²) in [7, 11) is 0. The van der Waals surface area contributed by atoms with E-state index in [1.54, 1.807) is 6.92 Å². The van der Waals surface area contributed by atoms with Crippen LogP contribution in [0.3, 0.4) is 0 Å². The third-order valence-corrected chi connectivity index (χ3v) is 1.84. The van der Waals surface area contributed by atoms with Gasteiger partial charge in [-0.1, -0.05) is 48.1 Å². The van der Waals surface area contributed by atoms with Gasteiger partial charge in [0.1, 0.15) is 6.29 Å². The minimum atomic E-state index is 0.745. The van der Waals surface area contributed by atoms with Crippen LogP contribution in [-0.2, 0) is 4.79 Å². The molecule has 0 aliphatic heterocycles. The lowest BCUT2D eigenvalue weighted by Gasteiger charge is -1.95. The molecule has 1 nitrogen and oxygen atoms in total. The summed E-state index contributed by atoms with van der Waals surface area (Å²) in [6.07, 6.45) is 4.79. The van der Waals surface area contributed by atoms with Gasteiger partial charge in [-0.25, -0.2) is 0 Å². The summed E-state index contributed by atoms with van der Waals surface area (Å²) in [6.45, 7) is 3.79. The maximum Gasteiger partial charge on any atom is 0.145 e. The SMILES string of the molecule is C/C(C=O)=C\C(C)=C\c1ccccc1. The molecule has 0 heterocycles. The van der Waals surface area contributed by atoms with E-state index in [9.17, 15) is 4.79 Å². The number of hydrogen-bond acceptors (Lipinski definition) is 1. The highest BCUT2D eigenvalue weighted by molar-refractivity contribution is 5.74. The van der Waals surface area contributed by atoms with Crippen molar-refractivity contribution in [2.45, 2.75) is 13.8 Å². The molecule has 0 bridgehead atoms. The van der Waals surface area contributed by atoms with Gasteiger partial charge < -0.3 is 0 Å². The van der Waals surface area contributed by atoms with E-state index in [0.29, 0.717) is 0 Å². The first-order chi connectivity index (χ1) is 6.72. The maximum absolute atomic E-state index is 10.4. The second kappa shape index (κ2) is 5.18. The van der Waals surface area contributed by atoms with Gasteiger partial charge in [0.2, 0.25) is 0 Å². The zero-order valence-electron chi connectivity index (χ0n) is 8.53. The molecule has 0 saturated carbocycles. The summed E-state index contributed by atoms with van der Waals surface area (Å²) in [6, 6.07) is 10.0. The molecule has 1 aromatic rings. The first-order valence-electron chi connectivity index (χ1n) is 4.59. The molecule has 14 heavy (non-hydrogen) atoms. The summed E-state index contributed by atoms with van der Waals surface area (Å²) in [5.74, 6) is 0. The van der Waals surface area contributed by atoms with Crippen LogP contribution < -0.4 is 0 Å². The molecule has 1 aromatic carbocycles. The Morgan fingerprint density at radius 3 is 2.29 bits per heavy atom. The van der Waals surface area contributed by atoms with Crippen LogP contribution in [0, 0.1) is 0 Å². The van der Waals surface area contributed by atoms with E-state index >= 15 is 0 Å². The van der Waals surface area contributed by atoms with Crippen molar-refractivity contribution in [3.8, 4) is 0 Å². The predicted octanol–water partition coefficient (Wildman–Crippen LogP) is 3.24. The summed E-state index contributed by atoms with van der Waals surface area (Å²) < 4.78 is 0. The summed E-state index contributed by atoms with van der Waals surface area (Å²) in [4.78, 5) is 10.4. The van der Waals surface area contributed by atoms with E-state index < -0.39 is 0 Å². The summed E-state index contributed by atoms with van der Waals surface area (Å²) in [5.41, 5.74) is 2.98. The second-order valence-electron chi connectivity index (χ2n) is 3.31. The van der Waals surface area contributed by atoms with Crippen molar-refractivity contribution in [1.29, 1.82) is 0 Å². The number of carbonyl (C=O) groups excluding carboxylic acids is 1. The van der Waals surface area contributed by atoms with Gasteiger partial charge in [0, 0.05) is 0 Å². The predicted molar refractivity (Wildman–Crippen MR) is 59.9 cm³/mol. The van der Waals surface area contributed by atoms with Crippen molar-refractivity contribution < 1.29 is 4.79 Å². The minimum Gasteiger partial charge on any atom is -0.298 e. The van der Waals surface area contributed by atoms with Crippen LogP contribution in [0.1, 0.15) is 19.4 Å². The largest absolute Gasteiger partial charge is 0.298 e. The van der Waals surface area contributed by atoms with Crippen molar-refractivity contribution in [3.05, 3.63) is 53.1 Å². The molecule has 0 aliphatic carbocycles. The molecular weight excluding hydrogens is 172 g/mol. The molecule has 0 spiro atoms. The number of rotatable bonds is 3. The van der Waals surface area contributed by atoms with E-state index in [1.807, 2.05) is 49.4 Å². The lowest BCUT2D eigenvalue weighted by molar-refractivity contribution is -0.104. The Hall–Kier alpha value is -1.63. The van der Waals surface area contributed by atoms with Crippen LogP contribution in [0.25, 0.3) is 6.08 Å². The molecule has 0 atom stereocenters. The van der Waals surface area contributed by atoms with Gasteiger partial charge in [-0.2, -0.15) is 0 Å². The highest BCUT2D eigenvalue weighted by Crippen LogP contribution is 2.08. The second-order valence-corrected chi connectivity index (χ2v) is 3.31. The fraction of sp³-hybridized carbons (Fsp3) is 0.154. The number of aldehydes is 1. The lowest BCUT2D eigenvalue weighted by Crippen LogP contribution is -1.78. The molecule has 1 heteroatoms. The normalized spacial score (nSPS) is 12.7. The molecule has 0 radical (unpaired) electrons. The van der Waals surface area contributed by atoms with Gasteiger partial charge in [0.05, 0.1) is 0 Å². The Morgan fingerprint density at radius 2 is 1.71 bits per heavy atom. The van der Waals surface area contributed by atoms with E-state index in [4.69, 9.17) is 0 Å². The minimum absolute atomic E-state index is 0.745. The molecule has 0 aliphatic rings. The van der Waals surface area contributed by atoms with E-state index in [1.165, 1.54) is 0 Å². The average Bonchev–Trinajstić information content (AvgIpc) is 2.19. The Kier molecular flexibility index (Phi) is 3.86. The first kappa shape index (κ1) is 10.5. The maximum atomic E-state index is 10.4. The van der Waals surface area contributed by atoms with Gasteiger partial charge in [0.25, 0.3) is 0 Å². The molecule has 0 aromatic heterocycles. The van der Waals surface area contributed by atoms with Gasteiger partial charge in [-0.3, -0.25) is 4.79 Å². The third kappa shape index (κ3) is 3.40. The fourth-order valence-electron chi connectivity index (χ4n) is 1.25. The number of carbonyl (C=O) groups is 1. The third-order valence-electron chi connectivity index (χ3n) is 1.84. The van der Waals surface area contributed by atoms with Gasteiger partial charge in [-0.05, 0) is 25.0 Å². The van der Waals surface area contributed by atoms with Crippen LogP contribution >= 0.6 is 0 Å². The topological polar surface area (TPSA) is 17.1 Å². The standard InChI is InChI=1S/C13H14O/c1-11(8-12(2)10-14)9-13-6-4-3-5-7-13/h3-10H,1-2H3/b11-9+,12-8+. The van der Waals surface area contributed by atoms with E-state index in [2.05, 4.69) is 0 Å². The molecule has 0 fully saturated rings. The fourth-order valence-corrected chi connectivity index (χ4v) is 1.25. The highest BCUT2D eigenvalue weighted by atomic mass is 16.1.